The minimum atomic E-state index is -0.321. The molecule has 20 heavy (non-hydrogen) atoms. The molecule has 1 aromatic carbocycles. The molecule has 1 aliphatic rings. The molecule has 1 aliphatic heterocycles. The molecule has 0 aliphatic carbocycles. The molecule has 0 spiro atoms. The summed E-state index contributed by atoms with van der Waals surface area (Å²) in [6.45, 7) is 4.03. The van der Waals surface area contributed by atoms with Crippen LogP contribution < -0.4 is 5.73 Å². The fraction of sp³-hybridized carbons (Fsp3) is 0.600. The van der Waals surface area contributed by atoms with Crippen molar-refractivity contribution >= 4 is 23.2 Å². The molecule has 0 bridgehead atoms. The molecule has 2 rings (SSSR count). The monoisotopic (exact) mass is 317 g/mol. The highest BCUT2D eigenvalue weighted by Crippen LogP contribution is 2.31. The summed E-state index contributed by atoms with van der Waals surface area (Å²) in [5.41, 5.74) is 7.09. The van der Waals surface area contributed by atoms with Gasteiger partial charge in [-0.3, -0.25) is 0 Å². The van der Waals surface area contributed by atoms with Crippen LogP contribution >= 0.6 is 23.2 Å². The van der Waals surface area contributed by atoms with Gasteiger partial charge in [0.2, 0.25) is 0 Å². The third-order valence-corrected chi connectivity index (χ3v) is 4.50. The average Bonchev–Trinajstić information content (AvgIpc) is 2.44. The topological polar surface area (TPSA) is 44.5 Å². The highest BCUT2D eigenvalue weighted by molar-refractivity contribution is 6.33. The molecule has 1 fully saturated rings. The van der Waals surface area contributed by atoms with E-state index >= 15 is 0 Å². The highest BCUT2D eigenvalue weighted by Gasteiger charge is 2.39. The van der Waals surface area contributed by atoms with Crippen LogP contribution in [0.1, 0.15) is 25.3 Å². The normalized spacial score (nSPS) is 19.8. The van der Waals surface area contributed by atoms with Crippen LogP contribution in [0.15, 0.2) is 18.2 Å². The van der Waals surface area contributed by atoms with Gasteiger partial charge in [-0.05, 0) is 37.1 Å². The first-order chi connectivity index (χ1) is 9.57. The Kier molecular flexibility index (Phi) is 5.70. The summed E-state index contributed by atoms with van der Waals surface area (Å²) in [6.07, 6.45) is 2.29. The van der Waals surface area contributed by atoms with Crippen LogP contribution in [0.5, 0.6) is 0 Å². The number of hydrogen-bond acceptors (Lipinski definition) is 3. The summed E-state index contributed by atoms with van der Waals surface area (Å²) in [5, 5.41) is 1.37. The summed E-state index contributed by atoms with van der Waals surface area (Å²) < 4.78 is 11.4. The number of ether oxygens (including phenoxy) is 2. The Balaban J connectivity index is 2.15. The van der Waals surface area contributed by atoms with E-state index in [-0.39, 0.29) is 11.6 Å². The first kappa shape index (κ1) is 16.1. The molecule has 1 heterocycles. The SMILES string of the molecule is CCOC1(C(N)Cc2cc(Cl)ccc2Cl)CCOCC1. The number of hydrogen-bond donors (Lipinski definition) is 1. The van der Waals surface area contributed by atoms with Crippen LogP contribution in [0.2, 0.25) is 10.0 Å². The van der Waals surface area contributed by atoms with E-state index in [1.165, 1.54) is 0 Å². The lowest BCUT2D eigenvalue weighted by Gasteiger charge is -2.41. The van der Waals surface area contributed by atoms with Crippen LogP contribution in [0.25, 0.3) is 0 Å². The summed E-state index contributed by atoms with van der Waals surface area (Å²) >= 11 is 12.3. The van der Waals surface area contributed by atoms with Gasteiger partial charge in [0, 0.05) is 48.7 Å². The van der Waals surface area contributed by atoms with Gasteiger partial charge in [-0.15, -0.1) is 0 Å². The Morgan fingerprint density at radius 1 is 1.35 bits per heavy atom. The maximum atomic E-state index is 6.44. The van der Waals surface area contributed by atoms with E-state index in [2.05, 4.69) is 0 Å². The van der Waals surface area contributed by atoms with Crippen molar-refractivity contribution in [3.05, 3.63) is 33.8 Å². The third kappa shape index (κ3) is 3.66. The van der Waals surface area contributed by atoms with Crippen LogP contribution in [-0.2, 0) is 15.9 Å². The predicted octanol–water partition coefficient (Wildman–Crippen LogP) is 3.45. The summed E-state index contributed by atoms with van der Waals surface area (Å²) in [4.78, 5) is 0. The second kappa shape index (κ2) is 7.10. The van der Waals surface area contributed by atoms with Crippen molar-refractivity contribution < 1.29 is 9.47 Å². The van der Waals surface area contributed by atoms with Crippen molar-refractivity contribution in [3.63, 3.8) is 0 Å². The molecular weight excluding hydrogens is 297 g/mol. The van der Waals surface area contributed by atoms with Crippen LogP contribution in [-0.4, -0.2) is 31.5 Å². The van der Waals surface area contributed by atoms with Gasteiger partial charge in [0.1, 0.15) is 0 Å². The molecule has 0 amide bonds. The van der Waals surface area contributed by atoms with E-state index in [4.69, 9.17) is 38.4 Å². The Labute approximate surface area is 130 Å². The van der Waals surface area contributed by atoms with Gasteiger partial charge in [-0.25, -0.2) is 0 Å². The summed E-state index contributed by atoms with van der Waals surface area (Å²) in [6, 6.07) is 5.35. The van der Waals surface area contributed by atoms with Crippen LogP contribution in [0.3, 0.4) is 0 Å². The maximum absolute atomic E-state index is 6.44. The minimum Gasteiger partial charge on any atom is -0.381 e. The molecule has 1 unspecified atom stereocenters. The minimum absolute atomic E-state index is 0.123. The van der Waals surface area contributed by atoms with E-state index in [1.807, 2.05) is 19.1 Å². The van der Waals surface area contributed by atoms with Gasteiger partial charge >= 0.3 is 0 Å². The summed E-state index contributed by atoms with van der Waals surface area (Å²) in [7, 11) is 0. The summed E-state index contributed by atoms with van der Waals surface area (Å²) in [5.74, 6) is 0. The number of nitrogens with two attached hydrogens (primary N) is 1. The molecule has 0 aromatic heterocycles. The molecule has 3 nitrogen and oxygen atoms in total. The fourth-order valence-corrected chi connectivity index (χ4v) is 3.14. The van der Waals surface area contributed by atoms with Crippen molar-refractivity contribution in [2.45, 2.75) is 37.8 Å². The highest BCUT2D eigenvalue weighted by atomic mass is 35.5. The Morgan fingerprint density at radius 3 is 2.70 bits per heavy atom. The van der Waals surface area contributed by atoms with E-state index < -0.39 is 0 Å². The van der Waals surface area contributed by atoms with Crippen LogP contribution in [0.4, 0.5) is 0 Å². The first-order valence-electron chi connectivity index (χ1n) is 6.98. The Morgan fingerprint density at radius 2 is 2.05 bits per heavy atom. The molecule has 5 heteroatoms. The Bertz CT molecular complexity index is 442. The lowest BCUT2D eigenvalue weighted by atomic mass is 9.83. The predicted molar refractivity (Wildman–Crippen MR) is 82.6 cm³/mol. The molecule has 1 atom stereocenters. The van der Waals surface area contributed by atoms with Crippen molar-refractivity contribution in [2.24, 2.45) is 5.73 Å². The van der Waals surface area contributed by atoms with Crippen LogP contribution in [0, 0.1) is 0 Å². The molecule has 112 valence electrons. The Hall–Kier alpha value is -0.320. The number of rotatable bonds is 5. The maximum Gasteiger partial charge on any atom is 0.0879 e. The van der Waals surface area contributed by atoms with E-state index in [0.717, 1.165) is 18.4 Å². The quantitative estimate of drug-likeness (QED) is 0.904. The average molecular weight is 318 g/mol. The molecule has 0 saturated carbocycles. The van der Waals surface area contributed by atoms with Crippen molar-refractivity contribution in [2.75, 3.05) is 19.8 Å². The second-order valence-corrected chi connectivity index (χ2v) is 6.00. The largest absolute Gasteiger partial charge is 0.381 e. The van der Waals surface area contributed by atoms with Gasteiger partial charge in [0.15, 0.2) is 0 Å². The zero-order chi connectivity index (χ0) is 14.6. The zero-order valence-corrected chi connectivity index (χ0v) is 13.2. The van der Waals surface area contributed by atoms with Gasteiger partial charge in [-0.2, -0.15) is 0 Å². The van der Waals surface area contributed by atoms with E-state index in [9.17, 15) is 0 Å². The molecular formula is C15H21Cl2NO2. The first-order valence-corrected chi connectivity index (χ1v) is 7.74. The smallest absolute Gasteiger partial charge is 0.0879 e. The molecule has 0 radical (unpaired) electrons. The van der Waals surface area contributed by atoms with Gasteiger partial charge < -0.3 is 15.2 Å². The van der Waals surface area contributed by atoms with Crippen molar-refractivity contribution in [1.29, 1.82) is 0 Å². The van der Waals surface area contributed by atoms with Gasteiger partial charge in [0.25, 0.3) is 0 Å². The number of benzene rings is 1. The standard InChI is InChI=1S/C15H21Cl2NO2/c1-2-20-15(5-7-19-8-6-15)14(18)10-11-9-12(16)3-4-13(11)17/h3-4,9,14H,2,5-8,10,18H2,1H3. The van der Waals surface area contributed by atoms with E-state index in [0.29, 0.717) is 36.3 Å². The fourth-order valence-electron chi connectivity index (χ4n) is 2.75. The number of halogens is 2. The molecule has 2 N–H and O–H groups in total. The lowest BCUT2D eigenvalue weighted by molar-refractivity contribution is -0.120. The van der Waals surface area contributed by atoms with Gasteiger partial charge in [0.05, 0.1) is 5.60 Å². The third-order valence-electron chi connectivity index (χ3n) is 3.89. The van der Waals surface area contributed by atoms with E-state index in [1.54, 1.807) is 6.07 Å². The second-order valence-electron chi connectivity index (χ2n) is 5.16. The molecule has 1 saturated heterocycles. The van der Waals surface area contributed by atoms with Gasteiger partial charge in [-0.1, -0.05) is 23.2 Å². The van der Waals surface area contributed by atoms with Crippen molar-refractivity contribution in [1.82, 2.24) is 0 Å². The zero-order valence-electron chi connectivity index (χ0n) is 11.7. The lowest BCUT2D eigenvalue weighted by Crippen LogP contribution is -2.54. The van der Waals surface area contributed by atoms with Crippen molar-refractivity contribution in [3.8, 4) is 0 Å². The molecule has 1 aromatic rings.